The van der Waals surface area contributed by atoms with Crippen molar-refractivity contribution < 1.29 is 14.6 Å². The van der Waals surface area contributed by atoms with Crippen LogP contribution in [0.3, 0.4) is 0 Å². The molecule has 0 aliphatic heterocycles. The topological polar surface area (TPSA) is 58.6 Å². The lowest BCUT2D eigenvalue weighted by Crippen LogP contribution is -2.45. The van der Waals surface area contributed by atoms with Gasteiger partial charge in [-0.25, -0.2) is 0 Å². The maximum absolute atomic E-state index is 12.4. The van der Waals surface area contributed by atoms with Gasteiger partial charge in [-0.15, -0.1) is 0 Å². The summed E-state index contributed by atoms with van der Waals surface area (Å²) in [6.07, 6.45) is 37.3. The molecule has 0 aromatic rings. The first-order valence-corrected chi connectivity index (χ1v) is 17.3. The zero-order valence-electron chi connectivity index (χ0n) is 26.7. The first kappa shape index (κ1) is 38.1. The minimum atomic E-state index is -0.377. The molecule has 2 atom stereocenters. The second-order valence-corrected chi connectivity index (χ2v) is 11.8. The van der Waals surface area contributed by atoms with E-state index in [1.54, 1.807) is 7.11 Å². The van der Waals surface area contributed by atoms with Gasteiger partial charge in [0.1, 0.15) is 0 Å². The average molecular weight is 552 g/mol. The van der Waals surface area contributed by atoms with Crippen molar-refractivity contribution in [2.24, 2.45) is 0 Å². The largest absolute Gasteiger partial charge is 0.394 e. The maximum Gasteiger partial charge on any atom is 0.220 e. The Labute approximate surface area is 244 Å². The Morgan fingerprint density at radius 1 is 0.641 bits per heavy atom. The minimum Gasteiger partial charge on any atom is -0.394 e. The van der Waals surface area contributed by atoms with E-state index in [-0.39, 0.29) is 24.7 Å². The Morgan fingerprint density at radius 3 is 1.41 bits per heavy atom. The molecule has 0 bridgehead atoms. The molecule has 0 aromatic heterocycles. The Balaban J connectivity index is 3.76. The van der Waals surface area contributed by atoms with Gasteiger partial charge >= 0.3 is 0 Å². The Bertz CT molecular complexity index is 522. The van der Waals surface area contributed by atoms with Gasteiger partial charge in [-0.2, -0.15) is 0 Å². The highest BCUT2D eigenvalue weighted by atomic mass is 16.5. The molecule has 0 heterocycles. The fourth-order valence-corrected chi connectivity index (χ4v) is 5.35. The Kier molecular flexibility index (Phi) is 30.9. The number of aliphatic hydroxyl groups is 1. The van der Waals surface area contributed by atoms with Crippen LogP contribution >= 0.6 is 0 Å². The number of rotatable bonds is 31. The lowest BCUT2D eigenvalue weighted by molar-refractivity contribution is -0.123. The molecule has 0 aliphatic rings. The summed E-state index contributed by atoms with van der Waals surface area (Å²) in [6.45, 7) is 4.44. The summed E-state index contributed by atoms with van der Waals surface area (Å²) in [7, 11) is 1.65. The number of methoxy groups -OCH3 is 1. The molecule has 0 saturated heterocycles. The lowest BCUT2D eigenvalue weighted by atomic mass is 10.0. The van der Waals surface area contributed by atoms with Crippen LogP contribution in [0.4, 0.5) is 0 Å². The van der Waals surface area contributed by atoms with Crippen molar-refractivity contribution in [2.45, 2.75) is 193 Å². The molecule has 0 unspecified atom stereocenters. The minimum absolute atomic E-state index is 0.0259. The third kappa shape index (κ3) is 27.1. The van der Waals surface area contributed by atoms with E-state index in [4.69, 9.17) is 4.74 Å². The molecule has 0 aliphatic carbocycles. The van der Waals surface area contributed by atoms with E-state index in [1.165, 1.54) is 141 Å². The van der Waals surface area contributed by atoms with E-state index in [9.17, 15) is 9.90 Å². The number of carbonyl (C=O) groups is 1. The van der Waals surface area contributed by atoms with E-state index in [0.29, 0.717) is 6.42 Å². The molecule has 1 amide bonds. The van der Waals surface area contributed by atoms with Crippen molar-refractivity contribution in [3.05, 3.63) is 12.2 Å². The Hall–Kier alpha value is -0.870. The zero-order chi connectivity index (χ0) is 28.7. The van der Waals surface area contributed by atoms with Crippen LogP contribution in [-0.2, 0) is 9.53 Å². The molecule has 0 radical (unpaired) electrons. The van der Waals surface area contributed by atoms with E-state index < -0.39 is 0 Å². The van der Waals surface area contributed by atoms with Crippen LogP contribution in [0.2, 0.25) is 0 Å². The van der Waals surface area contributed by atoms with E-state index in [2.05, 4.69) is 25.2 Å². The molecule has 0 fully saturated rings. The maximum atomic E-state index is 12.4. The van der Waals surface area contributed by atoms with Gasteiger partial charge in [-0.1, -0.05) is 167 Å². The highest BCUT2D eigenvalue weighted by Gasteiger charge is 2.19. The zero-order valence-corrected chi connectivity index (χ0v) is 26.7. The summed E-state index contributed by atoms with van der Waals surface area (Å²) >= 11 is 0. The lowest BCUT2D eigenvalue weighted by Gasteiger charge is -2.23. The second kappa shape index (κ2) is 31.7. The predicted molar refractivity (Wildman–Crippen MR) is 170 cm³/mol. The van der Waals surface area contributed by atoms with Crippen molar-refractivity contribution in [2.75, 3.05) is 13.7 Å². The van der Waals surface area contributed by atoms with Crippen molar-refractivity contribution in [1.29, 1.82) is 0 Å². The van der Waals surface area contributed by atoms with Crippen LogP contribution < -0.4 is 5.32 Å². The van der Waals surface area contributed by atoms with E-state index >= 15 is 0 Å². The number of ether oxygens (including phenoxy) is 1. The van der Waals surface area contributed by atoms with Crippen molar-refractivity contribution in [3.63, 3.8) is 0 Å². The van der Waals surface area contributed by atoms with Gasteiger partial charge in [0.25, 0.3) is 0 Å². The van der Waals surface area contributed by atoms with E-state index in [0.717, 1.165) is 19.3 Å². The summed E-state index contributed by atoms with van der Waals surface area (Å²) in [5.41, 5.74) is 0. The van der Waals surface area contributed by atoms with Crippen molar-refractivity contribution in [1.82, 2.24) is 5.32 Å². The van der Waals surface area contributed by atoms with Crippen LogP contribution in [0.5, 0.6) is 0 Å². The third-order valence-corrected chi connectivity index (χ3v) is 8.02. The number of carbonyl (C=O) groups excluding carboxylic acids is 1. The van der Waals surface area contributed by atoms with Gasteiger partial charge in [0, 0.05) is 13.5 Å². The number of nitrogens with one attached hydrogen (secondary N) is 1. The third-order valence-electron chi connectivity index (χ3n) is 8.02. The van der Waals surface area contributed by atoms with Crippen molar-refractivity contribution in [3.8, 4) is 0 Å². The predicted octanol–water partition coefficient (Wildman–Crippen LogP) is 10.2. The molecule has 0 saturated carbocycles. The molecule has 39 heavy (non-hydrogen) atoms. The summed E-state index contributed by atoms with van der Waals surface area (Å²) in [6, 6.07) is -0.377. The van der Waals surface area contributed by atoms with Gasteiger partial charge in [0.15, 0.2) is 0 Å². The number of amides is 1. The first-order chi connectivity index (χ1) is 19.2. The molecule has 232 valence electrons. The molecule has 4 nitrogen and oxygen atoms in total. The van der Waals surface area contributed by atoms with Crippen LogP contribution in [0.25, 0.3) is 0 Å². The van der Waals surface area contributed by atoms with Gasteiger partial charge in [-0.3, -0.25) is 4.79 Å². The van der Waals surface area contributed by atoms with Crippen LogP contribution in [-0.4, -0.2) is 36.9 Å². The van der Waals surface area contributed by atoms with Gasteiger partial charge in [0.2, 0.25) is 5.91 Å². The van der Waals surface area contributed by atoms with E-state index in [1.807, 2.05) is 6.08 Å². The monoisotopic (exact) mass is 552 g/mol. The molecule has 0 rings (SSSR count). The number of aliphatic hydroxyl groups excluding tert-OH is 1. The summed E-state index contributed by atoms with van der Waals surface area (Å²) in [4.78, 5) is 12.4. The smallest absolute Gasteiger partial charge is 0.220 e. The summed E-state index contributed by atoms with van der Waals surface area (Å²) in [5.74, 6) is 0.0259. The molecular weight excluding hydrogens is 482 g/mol. The first-order valence-electron chi connectivity index (χ1n) is 17.3. The summed E-state index contributed by atoms with van der Waals surface area (Å²) in [5, 5.41) is 12.8. The van der Waals surface area contributed by atoms with Crippen LogP contribution in [0.15, 0.2) is 12.2 Å². The fraction of sp³-hybridized carbons (Fsp3) is 0.914. The standard InChI is InChI=1S/C35H69NO3/c1-4-6-8-10-12-14-16-18-20-22-24-26-28-30-34(39-3)33(32-37)36-35(38)31-29-27-25-23-21-19-17-15-13-11-9-7-5-2/h28,30,33-34,37H,4-27,29,31-32H2,1-3H3,(H,36,38)/b30-28+/t33-,34+/m0/s1. The quantitative estimate of drug-likeness (QED) is 0.0665. The number of allylic oxidation sites excluding steroid dienone is 1. The van der Waals surface area contributed by atoms with Gasteiger partial charge in [0.05, 0.1) is 18.8 Å². The summed E-state index contributed by atoms with van der Waals surface area (Å²) < 4.78 is 5.57. The number of unbranched alkanes of at least 4 members (excludes halogenated alkanes) is 23. The van der Waals surface area contributed by atoms with Gasteiger partial charge < -0.3 is 15.2 Å². The molecular formula is C35H69NO3. The highest BCUT2D eigenvalue weighted by Crippen LogP contribution is 2.14. The number of hydrogen-bond acceptors (Lipinski definition) is 3. The highest BCUT2D eigenvalue weighted by molar-refractivity contribution is 5.76. The molecule has 4 heteroatoms. The number of hydrogen-bond donors (Lipinski definition) is 2. The van der Waals surface area contributed by atoms with Crippen LogP contribution in [0.1, 0.15) is 181 Å². The normalized spacial score (nSPS) is 13.2. The van der Waals surface area contributed by atoms with Crippen molar-refractivity contribution >= 4 is 5.91 Å². The van der Waals surface area contributed by atoms with Crippen LogP contribution in [0, 0.1) is 0 Å². The Morgan fingerprint density at radius 2 is 1.03 bits per heavy atom. The molecule has 0 aromatic carbocycles. The second-order valence-electron chi connectivity index (χ2n) is 11.8. The van der Waals surface area contributed by atoms with Gasteiger partial charge in [-0.05, 0) is 19.3 Å². The molecule has 0 spiro atoms. The average Bonchev–Trinajstić information content (AvgIpc) is 2.94. The molecule has 2 N–H and O–H groups in total. The fourth-order valence-electron chi connectivity index (χ4n) is 5.35. The SMILES string of the molecule is CCCCCCCCCCCCC/C=C/[C@@H](OC)[C@H](CO)NC(=O)CCCCCCCCCCCCCCC.